The van der Waals surface area contributed by atoms with Crippen LogP contribution in [0.15, 0.2) is 12.1 Å². The van der Waals surface area contributed by atoms with Gasteiger partial charge in [-0.2, -0.15) is 0 Å². The SMILES string of the molecule is Cc1cc(C)c(C2(C(N)C(=O)O)CC2)c(C)c1. The van der Waals surface area contributed by atoms with E-state index in [9.17, 15) is 4.79 Å². The molecular formula is C14H19NO2. The van der Waals surface area contributed by atoms with Crippen LogP contribution in [0.5, 0.6) is 0 Å². The second-order valence-electron chi connectivity index (χ2n) is 5.25. The molecule has 1 fully saturated rings. The van der Waals surface area contributed by atoms with E-state index in [0.717, 1.165) is 29.5 Å². The van der Waals surface area contributed by atoms with Gasteiger partial charge in [-0.15, -0.1) is 0 Å². The standard InChI is InChI=1S/C14H19NO2/c1-8-6-9(2)11(10(3)7-8)14(4-5-14)12(15)13(16)17/h6-7,12H,4-5,15H2,1-3H3,(H,16,17). The number of hydrogen-bond acceptors (Lipinski definition) is 2. The first-order valence-corrected chi connectivity index (χ1v) is 5.95. The average Bonchev–Trinajstić information content (AvgIpc) is 2.96. The van der Waals surface area contributed by atoms with Gasteiger partial charge in [0.15, 0.2) is 0 Å². The van der Waals surface area contributed by atoms with E-state index in [1.165, 1.54) is 5.56 Å². The summed E-state index contributed by atoms with van der Waals surface area (Å²) in [5.41, 5.74) is 10.2. The predicted octanol–water partition coefficient (Wildman–Crippen LogP) is 2.06. The second kappa shape index (κ2) is 3.84. The molecule has 0 saturated heterocycles. The van der Waals surface area contributed by atoms with Crippen molar-refractivity contribution in [1.82, 2.24) is 0 Å². The molecule has 1 unspecified atom stereocenters. The number of aliphatic carboxylic acids is 1. The van der Waals surface area contributed by atoms with Gasteiger partial charge in [-0.05, 0) is 50.3 Å². The van der Waals surface area contributed by atoms with Crippen molar-refractivity contribution in [2.75, 3.05) is 0 Å². The smallest absolute Gasteiger partial charge is 0.321 e. The Hall–Kier alpha value is -1.35. The Morgan fingerprint density at radius 3 is 2.12 bits per heavy atom. The summed E-state index contributed by atoms with van der Waals surface area (Å²) in [6, 6.07) is 3.43. The molecule has 0 bridgehead atoms. The zero-order valence-electron chi connectivity index (χ0n) is 10.6. The molecule has 1 aliphatic rings. The fourth-order valence-corrected chi connectivity index (χ4v) is 3.05. The van der Waals surface area contributed by atoms with Crippen LogP contribution in [0.25, 0.3) is 0 Å². The molecule has 3 heteroatoms. The van der Waals surface area contributed by atoms with E-state index in [1.54, 1.807) is 0 Å². The summed E-state index contributed by atoms with van der Waals surface area (Å²) in [7, 11) is 0. The van der Waals surface area contributed by atoms with E-state index in [2.05, 4.69) is 19.1 Å². The predicted molar refractivity (Wildman–Crippen MR) is 67.2 cm³/mol. The molecule has 0 aliphatic heterocycles. The maximum Gasteiger partial charge on any atom is 0.321 e. The molecule has 1 aromatic rings. The highest BCUT2D eigenvalue weighted by atomic mass is 16.4. The Kier molecular flexibility index (Phi) is 2.74. The highest BCUT2D eigenvalue weighted by molar-refractivity contribution is 5.77. The zero-order chi connectivity index (χ0) is 12.8. The van der Waals surface area contributed by atoms with Gasteiger partial charge < -0.3 is 10.8 Å². The minimum atomic E-state index is -0.901. The van der Waals surface area contributed by atoms with Gasteiger partial charge in [0.05, 0.1) is 0 Å². The lowest BCUT2D eigenvalue weighted by molar-refractivity contribution is -0.139. The summed E-state index contributed by atoms with van der Waals surface area (Å²) in [6.45, 7) is 6.15. The van der Waals surface area contributed by atoms with Crippen LogP contribution in [0.4, 0.5) is 0 Å². The van der Waals surface area contributed by atoms with Crippen molar-refractivity contribution in [2.45, 2.75) is 45.1 Å². The Balaban J connectivity index is 2.51. The van der Waals surface area contributed by atoms with Crippen molar-refractivity contribution in [3.05, 3.63) is 34.4 Å². The number of carboxylic acid groups (broad SMARTS) is 1. The maximum absolute atomic E-state index is 11.1. The van der Waals surface area contributed by atoms with Gasteiger partial charge in [0.25, 0.3) is 0 Å². The highest BCUT2D eigenvalue weighted by Gasteiger charge is 2.53. The summed E-state index contributed by atoms with van der Waals surface area (Å²) in [5, 5.41) is 9.13. The van der Waals surface area contributed by atoms with Gasteiger partial charge in [0.1, 0.15) is 6.04 Å². The number of carboxylic acids is 1. The zero-order valence-corrected chi connectivity index (χ0v) is 10.6. The molecule has 17 heavy (non-hydrogen) atoms. The summed E-state index contributed by atoms with van der Waals surface area (Å²) < 4.78 is 0. The van der Waals surface area contributed by atoms with Crippen LogP contribution in [-0.4, -0.2) is 17.1 Å². The van der Waals surface area contributed by atoms with Crippen molar-refractivity contribution in [3.63, 3.8) is 0 Å². The minimum absolute atomic E-state index is 0.326. The summed E-state index contributed by atoms with van der Waals surface area (Å²) in [5.74, 6) is -0.901. The van der Waals surface area contributed by atoms with Crippen molar-refractivity contribution >= 4 is 5.97 Å². The average molecular weight is 233 g/mol. The van der Waals surface area contributed by atoms with E-state index in [0.29, 0.717) is 0 Å². The molecular weight excluding hydrogens is 214 g/mol. The Morgan fingerprint density at radius 1 is 1.29 bits per heavy atom. The first-order valence-electron chi connectivity index (χ1n) is 5.95. The lowest BCUT2D eigenvalue weighted by atomic mass is 9.82. The van der Waals surface area contributed by atoms with E-state index >= 15 is 0 Å². The van der Waals surface area contributed by atoms with Crippen LogP contribution in [0, 0.1) is 20.8 Å². The van der Waals surface area contributed by atoms with Crippen LogP contribution in [0.3, 0.4) is 0 Å². The summed E-state index contributed by atoms with van der Waals surface area (Å²) >= 11 is 0. The minimum Gasteiger partial charge on any atom is -0.480 e. The third kappa shape index (κ3) is 1.84. The molecule has 1 saturated carbocycles. The Bertz CT molecular complexity index is 452. The molecule has 1 atom stereocenters. The first kappa shape index (κ1) is 12.1. The molecule has 1 aromatic carbocycles. The second-order valence-corrected chi connectivity index (χ2v) is 5.25. The van der Waals surface area contributed by atoms with E-state index in [1.807, 2.05) is 13.8 Å². The molecule has 2 rings (SSSR count). The molecule has 92 valence electrons. The molecule has 0 radical (unpaired) electrons. The number of nitrogens with two attached hydrogens (primary N) is 1. The quantitative estimate of drug-likeness (QED) is 0.840. The van der Waals surface area contributed by atoms with Crippen molar-refractivity contribution in [3.8, 4) is 0 Å². The molecule has 3 N–H and O–H groups in total. The Labute approximate surface area is 102 Å². The van der Waals surface area contributed by atoms with Gasteiger partial charge in [-0.3, -0.25) is 4.79 Å². The molecule has 0 heterocycles. The largest absolute Gasteiger partial charge is 0.480 e. The fraction of sp³-hybridized carbons (Fsp3) is 0.500. The summed E-state index contributed by atoms with van der Waals surface area (Å²) in [4.78, 5) is 11.1. The lowest BCUT2D eigenvalue weighted by Gasteiger charge is -2.24. The van der Waals surface area contributed by atoms with Crippen molar-refractivity contribution < 1.29 is 9.90 Å². The number of aryl methyl sites for hydroxylation is 3. The van der Waals surface area contributed by atoms with Crippen molar-refractivity contribution in [2.24, 2.45) is 5.73 Å². The first-order chi connectivity index (χ1) is 7.88. The van der Waals surface area contributed by atoms with Gasteiger partial charge in [-0.25, -0.2) is 0 Å². The number of rotatable bonds is 3. The monoisotopic (exact) mass is 233 g/mol. The number of carbonyl (C=O) groups is 1. The molecule has 3 nitrogen and oxygen atoms in total. The molecule has 1 aliphatic carbocycles. The molecule has 0 aromatic heterocycles. The van der Waals surface area contributed by atoms with Gasteiger partial charge >= 0.3 is 5.97 Å². The van der Waals surface area contributed by atoms with Crippen molar-refractivity contribution in [1.29, 1.82) is 0 Å². The van der Waals surface area contributed by atoms with Gasteiger partial charge in [0, 0.05) is 5.41 Å². The van der Waals surface area contributed by atoms with Crippen LogP contribution in [-0.2, 0) is 10.2 Å². The topological polar surface area (TPSA) is 63.3 Å². The van der Waals surface area contributed by atoms with E-state index in [-0.39, 0.29) is 5.41 Å². The molecule has 0 amide bonds. The third-order valence-corrected chi connectivity index (χ3v) is 3.82. The van der Waals surface area contributed by atoms with Crippen LogP contribution in [0.2, 0.25) is 0 Å². The van der Waals surface area contributed by atoms with E-state index < -0.39 is 12.0 Å². The Morgan fingerprint density at radius 2 is 1.76 bits per heavy atom. The maximum atomic E-state index is 11.1. The van der Waals surface area contributed by atoms with Crippen LogP contribution < -0.4 is 5.73 Å². The fourth-order valence-electron chi connectivity index (χ4n) is 3.05. The van der Waals surface area contributed by atoms with Gasteiger partial charge in [0.2, 0.25) is 0 Å². The summed E-state index contributed by atoms with van der Waals surface area (Å²) in [6.07, 6.45) is 1.76. The highest BCUT2D eigenvalue weighted by Crippen LogP contribution is 2.52. The van der Waals surface area contributed by atoms with Crippen LogP contribution >= 0.6 is 0 Å². The number of benzene rings is 1. The number of hydrogen-bond donors (Lipinski definition) is 2. The normalized spacial score (nSPS) is 18.8. The third-order valence-electron chi connectivity index (χ3n) is 3.82. The van der Waals surface area contributed by atoms with Crippen LogP contribution in [0.1, 0.15) is 35.1 Å². The molecule has 0 spiro atoms. The lowest BCUT2D eigenvalue weighted by Crippen LogP contribution is -2.42. The van der Waals surface area contributed by atoms with Gasteiger partial charge in [-0.1, -0.05) is 17.7 Å². The van der Waals surface area contributed by atoms with E-state index in [4.69, 9.17) is 10.8 Å².